The third-order valence-electron chi connectivity index (χ3n) is 9.84. The fraction of sp³-hybridized carbons (Fsp3) is 0.417. The van der Waals surface area contributed by atoms with Crippen molar-refractivity contribution in [3.05, 3.63) is 76.6 Å². The quantitative estimate of drug-likeness (QED) is 0.193. The number of nitrogens with one attached hydrogen (secondary N) is 1. The van der Waals surface area contributed by atoms with E-state index in [2.05, 4.69) is 26.5 Å². The number of amides is 1. The Balaban J connectivity index is 1.29. The molecule has 2 saturated carbocycles. The molecule has 2 aromatic heterocycles. The van der Waals surface area contributed by atoms with Crippen molar-refractivity contribution in [2.24, 2.45) is 13.0 Å². The molecule has 9 nitrogen and oxygen atoms in total. The molecule has 4 aromatic rings. The monoisotopic (exact) mass is 654 g/mol. The highest BCUT2D eigenvalue weighted by molar-refractivity contribution is 6.10. The Kier molecular flexibility index (Phi) is 8.41. The second-order valence-electron chi connectivity index (χ2n) is 13.3. The van der Waals surface area contributed by atoms with Crippen molar-refractivity contribution in [1.82, 2.24) is 24.6 Å². The molecule has 0 saturated heterocycles. The van der Waals surface area contributed by atoms with Gasteiger partial charge in [-0.15, -0.1) is 10.2 Å². The minimum Gasteiger partial charge on any atom is -0.370 e. The molecule has 2 aliphatic carbocycles. The van der Waals surface area contributed by atoms with E-state index in [4.69, 9.17) is 4.98 Å². The number of hydrogen-bond acceptors (Lipinski definition) is 7. The van der Waals surface area contributed by atoms with Crippen molar-refractivity contribution in [3.8, 4) is 28.6 Å². The fourth-order valence-electron chi connectivity index (χ4n) is 7.05. The molecule has 12 heteroatoms. The number of benzene rings is 2. The van der Waals surface area contributed by atoms with Gasteiger partial charge in [0.15, 0.2) is 5.82 Å². The summed E-state index contributed by atoms with van der Waals surface area (Å²) in [5.41, 5.74) is 2.14. The fourth-order valence-corrected chi connectivity index (χ4v) is 7.05. The predicted octanol–water partition coefficient (Wildman–Crippen LogP) is 7.18. The van der Waals surface area contributed by atoms with E-state index in [1.807, 2.05) is 20.2 Å². The zero-order chi connectivity index (χ0) is 33.6. The molecule has 0 atom stereocenters. The Labute approximate surface area is 277 Å². The van der Waals surface area contributed by atoms with E-state index in [0.29, 0.717) is 64.5 Å². The average molecular weight is 655 g/mol. The molecule has 7 rings (SSSR count). The number of hydrogen-bond donors (Lipinski definition) is 1. The molecule has 3 aliphatic rings. The lowest BCUT2D eigenvalue weighted by Crippen LogP contribution is -2.28. The molecule has 1 amide bonds. The van der Waals surface area contributed by atoms with Gasteiger partial charge in [-0.1, -0.05) is 25.7 Å². The number of halogens is 3. The summed E-state index contributed by atoms with van der Waals surface area (Å²) in [6, 6.07) is 14.1. The summed E-state index contributed by atoms with van der Waals surface area (Å²) >= 11 is 0. The summed E-state index contributed by atoms with van der Waals surface area (Å²) in [6.07, 6.45) is 4.59. The number of pyridine rings is 1. The van der Waals surface area contributed by atoms with Crippen LogP contribution in [0.1, 0.15) is 77.6 Å². The number of carbonyl (C=O) groups is 1. The van der Waals surface area contributed by atoms with Gasteiger partial charge in [-0.2, -0.15) is 18.4 Å². The topological polar surface area (TPSA) is 103 Å². The molecule has 248 valence electrons. The molecular weight excluding hydrogens is 617 g/mol. The maximum Gasteiger partial charge on any atom is 0.416 e. The van der Waals surface area contributed by atoms with Crippen LogP contribution in [-0.2, 0) is 26.3 Å². The van der Waals surface area contributed by atoms with Crippen LogP contribution in [0.2, 0.25) is 0 Å². The first kappa shape index (κ1) is 31.8. The van der Waals surface area contributed by atoms with E-state index >= 15 is 0 Å². The average Bonchev–Trinajstić information content (AvgIpc) is 3.40. The largest absolute Gasteiger partial charge is 0.416 e. The van der Waals surface area contributed by atoms with Crippen LogP contribution >= 0.6 is 0 Å². The lowest BCUT2D eigenvalue weighted by atomic mass is 9.97. The minimum atomic E-state index is -4.63. The van der Waals surface area contributed by atoms with E-state index in [1.54, 1.807) is 41.2 Å². The van der Waals surface area contributed by atoms with E-state index in [1.165, 1.54) is 23.8 Å². The van der Waals surface area contributed by atoms with Crippen LogP contribution < -0.4 is 10.2 Å². The Morgan fingerprint density at radius 3 is 2.52 bits per heavy atom. The summed E-state index contributed by atoms with van der Waals surface area (Å²) in [5, 5.41) is 21.4. The lowest BCUT2D eigenvalue weighted by Gasteiger charge is -2.24. The van der Waals surface area contributed by atoms with Crippen LogP contribution in [0.25, 0.3) is 22.5 Å². The van der Waals surface area contributed by atoms with E-state index in [0.717, 1.165) is 32.1 Å². The summed E-state index contributed by atoms with van der Waals surface area (Å²) < 4.78 is 45.4. The number of carbonyl (C=O) groups excluding carboxylic acids is 1. The molecular formula is C36H37F3N8O. The molecule has 0 bridgehead atoms. The van der Waals surface area contributed by atoms with E-state index in [-0.39, 0.29) is 23.5 Å². The van der Waals surface area contributed by atoms with Gasteiger partial charge in [0.1, 0.15) is 18.0 Å². The Hall–Kier alpha value is -4.76. The molecule has 3 heterocycles. The van der Waals surface area contributed by atoms with Gasteiger partial charge >= 0.3 is 6.18 Å². The maximum atomic E-state index is 14.6. The van der Waals surface area contributed by atoms with Crippen LogP contribution in [0.4, 0.5) is 24.8 Å². The normalized spacial score (nSPS) is 16.5. The Bertz CT molecular complexity index is 1900. The number of alkyl halides is 3. The van der Waals surface area contributed by atoms with Crippen LogP contribution in [0, 0.1) is 17.2 Å². The van der Waals surface area contributed by atoms with Crippen molar-refractivity contribution >= 4 is 17.5 Å². The molecule has 48 heavy (non-hydrogen) atoms. The Morgan fingerprint density at radius 1 is 1.04 bits per heavy atom. The SMILES string of the molecule is CN(Cc1cc2c(c(C(F)(F)F)c1)CN(c1cc(-c3cc(C#N)ccc3-c3nncn3C)cc(NCCC3CC3)n1)C2=O)C1CCCC1. The van der Waals surface area contributed by atoms with Gasteiger partial charge < -0.3 is 9.88 Å². The molecule has 1 aliphatic heterocycles. The van der Waals surface area contributed by atoms with Crippen molar-refractivity contribution in [2.75, 3.05) is 23.8 Å². The number of rotatable bonds is 10. The number of fused-ring (bicyclic) bond motifs is 1. The zero-order valence-electron chi connectivity index (χ0n) is 27.0. The minimum absolute atomic E-state index is 0.0403. The van der Waals surface area contributed by atoms with Crippen LogP contribution in [0.5, 0.6) is 0 Å². The van der Waals surface area contributed by atoms with Crippen LogP contribution in [0.15, 0.2) is 48.8 Å². The number of anilines is 2. The Morgan fingerprint density at radius 2 is 1.83 bits per heavy atom. The molecule has 0 radical (unpaired) electrons. The third kappa shape index (κ3) is 6.39. The van der Waals surface area contributed by atoms with Gasteiger partial charge in [0.05, 0.1) is 23.7 Å². The third-order valence-corrected chi connectivity index (χ3v) is 9.84. The van der Waals surface area contributed by atoms with Crippen molar-refractivity contribution in [2.45, 2.75) is 70.3 Å². The predicted molar refractivity (Wildman–Crippen MR) is 176 cm³/mol. The van der Waals surface area contributed by atoms with Crippen LogP contribution in [-0.4, -0.2) is 50.2 Å². The van der Waals surface area contributed by atoms with E-state index in [9.17, 15) is 23.2 Å². The summed E-state index contributed by atoms with van der Waals surface area (Å²) in [7, 11) is 3.76. The van der Waals surface area contributed by atoms with Gasteiger partial charge in [0.2, 0.25) is 0 Å². The highest BCUT2D eigenvalue weighted by Gasteiger charge is 2.41. The first-order valence-corrected chi connectivity index (χ1v) is 16.5. The van der Waals surface area contributed by atoms with Gasteiger partial charge in [-0.25, -0.2) is 4.98 Å². The molecule has 0 unspecified atom stereocenters. The van der Waals surface area contributed by atoms with Gasteiger partial charge in [-0.3, -0.25) is 14.6 Å². The zero-order valence-corrected chi connectivity index (χ0v) is 27.0. The number of nitriles is 1. The second-order valence-corrected chi connectivity index (χ2v) is 13.3. The summed E-state index contributed by atoms with van der Waals surface area (Å²) in [5.74, 6) is 1.45. The van der Waals surface area contributed by atoms with Gasteiger partial charge in [0.25, 0.3) is 5.91 Å². The highest BCUT2D eigenvalue weighted by Crippen LogP contribution is 2.41. The maximum absolute atomic E-state index is 14.6. The van der Waals surface area contributed by atoms with Crippen molar-refractivity contribution in [3.63, 3.8) is 0 Å². The smallest absolute Gasteiger partial charge is 0.370 e. The molecule has 2 fully saturated rings. The first-order chi connectivity index (χ1) is 23.1. The highest BCUT2D eigenvalue weighted by atomic mass is 19.4. The van der Waals surface area contributed by atoms with Crippen LogP contribution in [0.3, 0.4) is 0 Å². The van der Waals surface area contributed by atoms with Gasteiger partial charge in [0, 0.05) is 37.3 Å². The second kappa shape index (κ2) is 12.7. The molecule has 2 aromatic carbocycles. The number of aromatic nitrogens is 4. The first-order valence-electron chi connectivity index (χ1n) is 16.5. The number of nitrogens with zero attached hydrogens (tertiary/aromatic N) is 7. The standard InChI is InChI=1S/C36H37F3N8O/c1-45(26-5-3-4-6-26)19-24-14-29-30(31(15-24)36(37,38)39)20-47(35(29)48)33-17-25(16-32(43-33)41-12-11-22-7-8-22)28-13-23(18-40)9-10-27(28)34-44-42-21-46(34)2/h9-10,13-17,21-22,26H,3-8,11-12,19-20H2,1-2H3,(H,41,43). The van der Waals surface area contributed by atoms with Gasteiger partial charge in [-0.05, 0) is 96.9 Å². The lowest BCUT2D eigenvalue weighted by molar-refractivity contribution is -0.138. The number of aryl methyl sites for hydroxylation is 1. The molecule has 0 spiro atoms. The van der Waals surface area contributed by atoms with Crippen molar-refractivity contribution in [1.29, 1.82) is 5.26 Å². The van der Waals surface area contributed by atoms with E-state index < -0.39 is 17.6 Å². The summed E-state index contributed by atoms with van der Waals surface area (Å²) in [4.78, 5) is 22.3. The molecule has 1 N–H and O–H groups in total. The summed E-state index contributed by atoms with van der Waals surface area (Å²) in [6.45, 7) is 0.741. The van der Waals surface area contributed by atoms with Crippen molar-refractivity contribution < 1.29 is 18.0 Å².